The van der Waals surface area contributed by atoms with E-state index in [9.17, 15) is 0 Å². The molecule has 2 heteroatoms. The van der Waals surface area contributed by atoms with Crippen LogP contribution in [0, 0.1) is 11.8 Å². The van der Waals surface area contributed by atoms with Gasteiger partial charge in [-0.05, 0) is 51.6 Å². The van der Waals surface area contributed by atoms with E-state index in [0.29, 0.717) is 5.54 Å². The SMILES string of the molecule is CC(C)CN1CCC(CCN)C1(C)C. The molecular formula is C12H26N2. The first-order valence-corrected chi connectivity index (χ1v) is 5.93. The molecule has 0 bridgehead atoms. The molecule has 1 heterocycles. The summed E-state index contributed by atoms with van der Waals surface area (Å²) in [4.78, 5) is 2.64. The summed E-state index contributed by atoms with van der Waals surface area (Å²) in [5.41, 5.74) is 6.02. The summed E-state index contributed by atoms with van der Waals surface area (Å²) in [6, 6.07) is 0. The van der Waals surface area contributed by atoms with Crippen LogP contribution in [0.5, 0.6) is 0 Å². The molecule has 0 saturated carbocycles. The minimum atomic E-state index is 0.365. The van der Waals surface area contributed by atoms with E-state index in [1.54, 1.807) is 0 Å². The maximum absolute atomic E-state index is 5.66. The lowest BCUT2D eigenvalue weighted by Crippen LogP contribution is -2.44. The van der Waals surface area contributed by atoms with Gasteiger partial charge in [-0.2, -0.15) is 0 Å². The fraction of sp³-hybridized carbons (Fsp3) is 1.00. The highest BCUT2D eigenvalue weighted by Crippen LogP contribution is 2.36. The highest BCUT2D eigenvalue weighted by molar-refractivity contribution is 4.95. The van der Waals surface area contributed by atoms with Gasteiger partial charge in [0.25, 0.3) is 0 Å². The monoisotopic (exact) mass is 198 g/mol. The topological polar surface area (TPSA) is 29.3 Å². The van der Waals surface area contributed by atoms with Gasteiger partial charge in [0, 0.05) is 12.1 Å². The van der Waals surface area contributed by atoms with Crippen molar-refractivity contribution in [2.24, 2.45) is 17.6 Å². The van der Waals surface area contributed by atoms with Crippen LogP contribution in [0.2, 0.25) is 0 Å². The third kappa shape index (κ3) is 2.48. The zero-order valence-corrected chi connectivity index (χ0v) is 10.2. The smallest absolute Gasteiger partial charge is 0.0182 e. The Morgan fingerprint density at radius 2 is 2.07 bits per heavy atom. The first-order chi connectivity index (χ1) is 6.48. The van der Waals surface area contributed by atoms with Crippen LogP contribution in [0.4, 0.5) is 0 Å². The quantitative estimate of drug-likeness (QED) is 0.749. The van der Waals surface area contributed by atoms with Crippen molar-refractivity contribution in [3.05, 3.63) is 0 Å². The molecule has 84 valence electrons. The summed E-state index contributed by atoms with van der Waals surface area (Å²) in [5, 5.41) is 0. The van der Waals surface area contributed by atoms with Crippen LogP contribution in [0.25, 0.3) is 0 Å². The molecule has 0 aromatic carbocycles. The van der Waals surface area contributed by atoms with Gasteiger partial charge in [0.15, 0.2) is 0 Å². The van der Waals surface area contributed by atoms with Crippen LogP contribution in [0.1, 0.15) is 40.5 Å². The molecule has 1 fully saturated rings. The fourth-order valence-corrected chi connectivity index (χ4v) is 2.68. The summed E-state index contributed by atoms with van der Waals surface area (Å²) in [6.45, 7) is 12.7. The average Bonchev–Trinajstić information content (AvgIpc) is 2.31. The van der Waals surface area contributed by atoms with Crippen molar-refractivity contribution in [3.63, 3.8) is 0 Å². The van der Waals surface area contributed by atoms with E-state index < -0.39 is 0 Å². The minimum absolute atomic E-state index is 0.365. The van der Waals surface area contributed by atoms with Crippen LogP contribution in [0.3, 0.4) is 0 Å². The summed E-state index contributed by atoms with van der Waals surface area (Å²) in [5.74, 6) is 1.57. The Bertz CT molecular complexity index is 175. The van der Waals surface area contributed by atoms with E-state index in [0.717, 1.165) is 18.4 Å². The second kappa shape index (κ2) is 4.63. The largest absolute Gasteiger partial charge is 0.330 e. The van der Waals surface area contributed by atoms with E-state index in [-0.39, 0.29) is 0 Å². The molecule has 2 N–H and O–H groups in total. The lowest BCUT2D eigenvalue weighted by molar-refractivity contribution is 0.121. The van der Waals surface area contributed by atoms with Gasteiger partial charge in [0.05, 0.1) is 0 Å². The van der Waals surface area contributed by atoms with Crippen LogP contribution >= 0.6 is 0 Å². The van der Waals surface area contributed by atoms with Gasteiger partial charge in [0.1, 0.15) is 0 Å². The molecule has 14 heavy (non-hydrogen) atoms. The zero-order chi connectivity index (χ0) is 10.8. The van der Waals surface area contributed by atoms with E-state index in [1.165, 1.54) is 25.9 Å². The van der Waals surface area contributed by atoms with Gasteiger partial charge in [-0.1, -0.05) is 13.8 Å². The molecule has 1 atom stereocenters. The second-order valence-electron chi connectivity index (χ2n) is 5.56. The molecule has 0 aliphatic carbocycles. The van der Waals surface area contributed by atoms with Gasteiger partial charge in [-0.15, -0.1) is 0 Å². The Balaban J connectivity index is 2.56. The molecule has 2 nitrogen and oxygen atoms in total. The fourth-order valence-electron chi connectivity index (χ4n) is 2.68. The summed E-state index contributed by atoms with van der Waals surface area (Å²) in [6.07, 6.45) is 2.51. The van der Waals surface area contributed by atoms with E-state index in [4.69, 9.17) is 5.73 Å². The summed E-state index contributed by atoms with van der Waals surface area (Å²) in [7, 11) is 0. The number of nitrogens with zero attached hydrogens (tertiary/aromatic N) is 1. The van der Waals surface area contributed by atoms with Crippen LogP contribution in [0.15, 0.2) is 0 Å². The molecule has 0 aromatic heterocycles. The Morgan fingerprint density at radius 1 is 1.43 bits per heavy atom. The maximum atomic E-state index is 5.66. The molecular weight excluding hydrogens is 172 g/mol. The lowest BCUT2D eigenvalue weighted by atomic mass is 9.85. The van der Waals surface area contributed by atoms with Gasteiger partial charge in [-0.25, -0.2) is 0 Å². The molecule has 1 rings (SSSR count). The normalized spacial score (nSPS) is 27.4. The molecule has 0 amide bonds. The number of rotatable bonds is 4. The maximum Gasteiger partial charge on any atom is 0.0182 e. The summed E-state index contributed by atoms with van der Waals surface area (Å²) >= 11 is 0. The Hall–Kier alpha value is -0.0800. The van der Waals surface area contributed by atoms with Crippen molar-refractivity contribution in [3.8, 4) is 0 Å². The third-order valence-electron chi connectivity index (χ3n) is 3.66. The number of hydrogen-bond donors (Lipinski definition) is 1. The average molecular weight is 198 g/mol. The van der Waals surface area contributed by atoms with Crippen molar-refractivity contribution < 1.29 is 0 Å². The lowest BCUT2D eigenvalue weighted by Gasteiger charge is -2.37. The molecule has 0 aromatic rings. The van der Waals surface area contributed by atoms with Gasteiger partial charge >= 0.3 is 0 Å². The molecule has 0 radical (unpaired) electrons. The Kier molecular flexibility index (Phi) is 3.96. The van der Waals surface area contributed by atoms with Gasteiger partial charge in [-0.3, -0.25) is 4.90 Å². The number of hydrogen-bond acceptors (Lipinski definition) is 2. The van der Waals surface area contributed by atoms with E-state index in [1.807, 2.05) is 0 Å². The molecule has 1 saturated heterocycles. The molecule has 1 aliphatic rings. The van der Waals surface area contributed by atoms with Crippen molar-refractivity contribution in [1.82, 2.24) is 4.90 Å². The minimum Gasteiger partial charge on any atom is -0.330 e. The van der Waals surface area contributed by atoms with Gasteiger partial charge in [0.2, 0.25) is 0 Å². The van der Waals surface area contributed by atoms with Crippen molar-refractivity contribution >= 4 is 0 Å². The second-order valence-corrected chi connectivity index (χ2v) is 5.56. The van der Waals surface area contributed by atoms with Crippen molar-refractivity contribution in [2.75, 3.05) is 19.6 Å². The van der Waals surface area contributed by atoms with E-state index >= 15 is 0 Å². The van der Waals surface area contributed by atoms with Crippen LogP contribution < -0.4 is 5.73 Å². The predicted octanol–water partition coefficient (Wildman–Crippen LogP) is 2.09. The van der Waals surface area contributed by atoms with Crippen LogP contribution in [-0.2, 0) is 0 Å². The Labute approximate surface area is 88.8 Å². The Morgan fingerprint density at radius 3 is 2.57 bits per heavy atom. The standard InChI is InChI=1S/C12H26N2/c1-10(2)9-14-8-6-11(5-7-13)12(14,3)4/h10-11H,5-9,13H2,1-4H3. The zero-order valence-electron chi connectivity index (χ0n) is 10.2. The van der Waals surface area contributed by atoms with Crippen molar-refractivity contribution in [1.29, 1.82) is 0 Å². The first kappa shape index (κ1) is 12.0. The molecule has 1 aliphatic heterocycles. The number of nitrogens with two attached hydrogens (primary N) is 1. The van der Waals surface area contributed by atoms with E-state index in [2.05, 4.69) is 32.6 Å². The molecule has 0 spiro atoms. The highest BCUT2D eigenvalue weighted by Gasteiger charge is 2.40. The highest BCUT2D eigenvalue weighted by atomic mass is 15.2. The number of likely N-dealkylation sites (tertiary alicyclic amines) is 1. The summed E-state index contributed by atoms with van der Waals surface area (Å²) < 4.78 is 0. The van der Waals surface area contributed by atoms with Crippen LogP contribution in [-0.4, -0.2) is 30.1 Å². The predicted molar refractivity (Wildman–Crippen MR) is 62.3 cm³/mol. The third-order valence-corrected chi connectivity index (χ3v) is 3.66. The first-order valence-electron chi connectivity index (χ1n) is 5.93. The van der Waals surface area contributed by atoms with Crippen molar-refractivity contribution in [2.45, 2.75) is 46.1 Å². The van der Waals surface area contributed by atoms with Gasteiger partial charge < -0.3 is 5.73 Å². The molecule has 1 unspecified atom stereocenters.